The van der Waals surface area contributed by atoms with Crippen LogP contribution in [0, 0.1) is 0 Å². The monoisotopic (exact) mass is 217 g/mol. The van der Waals surface area contributed by atoms with Crippen LogP contribution in [-0.4, -0.2) is 52.1 Å². The summed E-state index contributed by atoms with van der Waals surface area (Å²) in [4.78, 5) is 11.4. The van der Waals surface area contributed by atoms with Gasteiger partial charge in [0.1, 0.15) is 12.6 Å². The van der Waals surface area contributed by atoms with E-state index < -0.39 is 0 Å². The maximum Gasteiger partial charge on any atom is 0.323 e. The highest BCUT2D eigenvalue weighted by Crippen LogP contribution is 2.06. The molecule has 1 aliphatic rings. The predicted molar refractivity (Wildman–Crippen MR) is 54.7 cm³/mol. The highest BCUT2D eigenvalue weighted by atomic mass is 16.6. The number of esters is 1. The summed E-state index contributed by atoms with van der Waals surface area (Å²) in [6.45, 7) is 2.76. The summed E-state index contributed by atoms with van der Waals surface area (Å²) in [6.07, 6.45) is 1.92. The molecule has 1 N–H and O–H groups in total. The number of methoxy groups -OCH3 is 1. The molecule has 88 valence electrons. The topological polar surface area (TPSA) is 56.8 Å². The van der Waals surface area contributed by atoms with Gasteiger partial charge in [0, 0.05) is 7.11 Å². The molecule has 15 heavy (non-hydrogen) atoms. The van der Waals surface area contributed by atoms with Gasteiger partial charge in [0.05, 0.1) is 19.8 Å². The van der Waals surface area contributed by atoms with E-state index in [9.17, 15) is 4.79 Å². The molecule has 0 saturated carbocycles. The SMILES string of the molecule is COCCOCCOC(=O)C1CCCN1. The molecule has 1 atom stereocenters. The van der Waals surface area contributed by atoms with Crippen molar-refractivity contribution < 1.29 is 19.0 Å². The Morgan fingerprint density at radius 3 is 2.80 bits per heavy atom. The van der Waals surface area contributed by atoms with Crippen LogP contribution in [0.2, 0.25) is 0 Å². The number of carbonyl (C=O) groups is 1. The summed E-state index contributed by atoms with van der Waals surface area (Å²) in [7, 11) is 1.62. The van der Waals surface area contributed by atoms with Gasteiger partial charge in [0.25, 0.3) is 0 Å². The van der Waals surface area contributed by atoms with Crippen LogP contribution < -0.4 is 5.32 Å². The van der Waals surface area contributed by atoms with E-state index in [1.807, 2.05) is 0 Å². The Kier molecular flexibility index (Phi) is 6.31. The number of hydrogen-bond acceptors (Lipinski definition) is 5. The molecule has 1 unspecified atom stereocenters. The fraction of sp³-hybridized carbons (Fsp3) is 0.900. The van der Waals surface area contributed by atoms with Gasteiger partial charge in [0.15, 0.2) is 0 Å². The van der Waals surface area contributed by atoms with E-state index in [1.54, 1.807) is 7.11 Å². The minimum atomic E-state index is -0.164. The first-order valence-corrected chi connectivity index (χ1v) is 5.31. The van der Waals surface area contributed by atoms with Crippen LogP contribution in [0.15, 0.2) is 0 Å². The molecule has 0 aliphatic carbocycles. The third-order valence-corrected chi connectivity index (χ3v) is 2.25. The lowest BCUT2D eigenvalue weighted by molar-refractivity contribution is -0.147. The quantitative estimate of drug-likeness (QED) is 0.478. The number of rotatable bonds is 7. The normalized spacial score (nSPS) is 20.5. The molecule has 5 heteroatoms. The Hall–Kier alpha value is -0.650. The Morgan fingerprint density at radius 1 is 1.33 bits per heavy atom. The molecular formula is C10H19NO4. The van der Waals surface area contributed by atoms with Crippen molar-refractivity contribution in [1.82, 2.24) is 5.32 Å². The summed E-state index contributed by atoms with van der Waals surface area (Å²) in [5.74, 6) is -0.164. The first-order valence-electron chi connectivity index (χ1n) is 5.31. The zero-order valence-electron chi connectivity index (χ0n) is 9.16. The van der Waals surface area contributed by atoms with Crippen molar-refractivity contribution in [3.8, 4) is 0 Å². The summed E-state index contributed by atoms with van der Waals surface area (Å²) in [6, 6.07) is -0.107. The molecule has 0 amide bonds. The van der Waals surface area contributed by atoms with Crippen molar-refractivity contribution in [2.75, 3.05) is 40.1 Å². The molecule has 1 saturated heterocycles. The van der Waals surface area contributed by atoms with Gasteiger partial charge in [-0.3, -0.25) is 4.79 Å². The summed E-state index contributed by atoms with van der Waals surface area (Å²) >= 11 is 0. The maximum absolute atomic E-state index is 11.4. The lowest BCUT2D eigenvalue weighted by Crippen LogP contribution is -2.33. The van der Waals surface area contributed by atoms with Crippen LogP contribution in [0.3, 0.4) is 0 Å². The summed E-state index contributed by atoms with van der Waals surface area (Å²) < 4.78 is 15.0. The van der Waals surface area contributed by atoms with E-state index >= 15 is 0 Å². The van der Waals surface area contributed by atoms with Crippen LogP contribution in [0.1, 0.15) is 12.8 Å². The molecule has 0 aromatic rings. The van der Waals surface area contributed by atoms with E-state index in [-0.39, 0.29) is 12.0 Å². The number of ether oxygens (including phenoxy) is 3. The third kappa shape index (κ3) is 5.11. The van der Waals surface area contributed by atoms with Gasteiger partial charge in [-0.2, -0.15) is 0 Å². The second kappa shape index (κ2) is 7.62. The van der Waals surface area contributed by atoms with Crippen LogP contribution in [0.25, 0.3) is 0 Å². The fourth-order valence-electron chi connectivity index (χ4n) is 1.43. The second-order valence-electron chi connectivity index (χ2n) is 3.42. The lowest BCUT2D eigenvalue weighted by Gasteiger charge is -2.10. The number of hydrogen-bond donors (Lipinski definition) is 1. The van der Waals surface area contributed by atoms with Crippen LogP contribution in [0.5, 0.6) is 0 Å². The highest BCUT2D eigenvalue weighted by molar-refractivity contribution is 5.76. The van der Waals surface area contributed by atoms with Crippen molar-refractivity contribution in [3.05, 3.63) is 0 Å². The Bertz CT molecular complexity index is 180. The minimum absolute atomic E-state index is 0.107. The molecule has 0 bridgehead atoms. The Labute approximate surface area is 90.1 Å². The Balaban J connectivity index is 1.92. The lowest BCUT2D eigenvalue weighted by atomic mass is 10.2. The third-order valence-electron chi connectivity index (χ3n) is 2.25. The maximum atomic E-state index is 11.4. The summed E-state index contributed by atoms with van der Waals surface area (Å²) in [5.41, 5.74) is 0. The van der Waals surface area contributed by atoms with Gasteiger partial charge in [-0.15, -0.1) is 0 Å². The van der Waals surface area contributed by atoms with E-state index in [1.165, 1.54) is 0 Å². The van der Waals surface area contributed by atoms with Gasteiger partial charge in [0.2, 0.25) is 0 Å². The molecule has 1 aliphatic heterocycles. The highest BCUT2D eigenvalue weighted by Gasteiger charge is 2.22. The summed E-state index contributed by atoms with van der Waals surface area (Å²) in [5, 5.41) is 3.08. The van der Waals surface area contributed by atoms with Crippen molar-refractivity contribution >= 4 is 5.97 Å². The standard InChI is InChI=1S/C10H19NO4/c1-13-5-6-14-7-8-15-10(12)9-3-2-4-11-9/h9,11H,2-8H2,1H3. The minimum Gasteiger partial charge on any atom is -0.462 e. The van der Waals surface area contributed by atoms with E-state index in [0.29, 0.717) is 26.4 Å². The Morgan fingerprint density at radius 2 is 2.13 bits per heavy atom. The van der Waals surface area contributed by atoms with E-state index in [2.05, 4.69) is 5.32 Å². The molecule has 1 fully saturated rings. The zero-order chi connectivity index (χ0) is 10.9. The largest absolute Gasteiger partial charge is 0.462 e. The van der Waals surface area contributed by atoms with Crippen LogP contribution >= 0.6 is 0 Å². The van der Waals surface area contributed by atoms with Gasteiger partial charge < -0.3 is 19.5 Å². The molecule has 1 rings (SSSR count). The van der Waals surface area contributed by atoms with Crippen molar-refractivity contribution in [2.45, 2.75) is 18.9 Å². The van der Waals surface area contributed by atoms with Gasteiger partial charge in [-0.05, 0) is 19.4 Å². The van der Waals surface area contributed by atoms with Crippen molar-refractivity contribution in [2.24, 2.45) is 0 Å². The average molecular weight is 217 g/mol. The smallest absolute Gasteiger partial charge is 0.323 e. The first-order chi connectivity index (χ1) is 7.34. The molecule has 0 spiro atoms. The average Bonchev–Trinajstić information content (AvgIpc) is 2.76. The predicted octanol–water partition coefficient (Wildman–Crippen LogP) is -0.0554. The van der Waals surface area contributed by atoms with E-state index in [0.717, 1.165) is 19.4 Å². The molecule has 1 heterocycles. The van der Waals surface area contributed by atoms with Crippen molar-refractivity contribution in [1.29, 1.82) is 0 Å². The van der Waals surface area contributed by atoms with Crippen LogP contribution in [-0.2, 0) is 19.0 Å². The first kappa shape index (κ1) is 12.4. The van der Waals surface area contributed by atoms with E-state index in [4.69, 9.17) is 14.2 Å². The molecule has 5 nitrogen and oxygen atoms in total. The second-order valence-corrected chi connectivity index (χ2v) is 3.42. The number of nitrogens with one attached hydrogen (secondary N) is 1. The van der Waals surface area contributed by atoms with Gasteiger partial charge in [-0.25, -0.2) is 0 Å². The molecule has 0 aromatic carbocycles. The molecule has 0 radical (unpaired) electrons. The van der Waals surface area contributed by atoms with Gasteiger partial charge in [-0.1, -0.05) is 0 Å². The zero-order valence-corrected chi connectivity index (χ0v) is 9.16. The molecule has 0 aromatic heterocycles. The fourth-order valence-corrected chi connectivity index (χ4v) is 1.43. The number of carbonyl (C=O) groups excluding carboxylic acids is 1. The molecular weight excluding hydrogens is 198 g/mol. The van der Waals surface area contributed by atoms with Crippen molar-refractivity contribution in [3.63, 3.8) is 0 Å². The van der Waals surface area contributed by atoms with Crippen LogP contribution in [0.4, 0.5) is 0 Å². The van der Waals surface area contributed by atoms with Gasteiger partial charge >= 0.3 is 5.97 Å².